The molecular weight excluding hydrogens is 518 g/mol. The predicted molar refractivity (Wildman–Crippen MR) is 134 cm³/mol. The highest BCUT2D eigenvalue weighted by molar-refractivity contribution is 6.06. The van der Waals surface area contributed by atoms with E-state index in [9.17, 15) is 37.2 Å². The van der Waals surface area contributed by atoms with Crippen molar-refractivity contribution >= 4 is 28.4 Å². The van der Waals surface area contributed by atoms with Crippen LogP contribution in [0.25, 0.3) is 10.9 Å². The number of fused-ring (bicyclic) bond motifs is 1. The minimum absolute atomic E-state index is 0.0452. The number of amides is 2. The molecule has 2 saturated heterocycles. The summed E-state index contributed by atoms with van der Waals surface area (Å²) in [6.45, 7) is 0.890. The van der Waals surface area contributed by atoms with Crippen molar-refractivity contribution in [2.45, 2.75) is 31.5 Å². The third kappa shape index (κ3) is 5.04. The van der Waals surface area contributed by atoms with E-state index in [-0.39, 0.29) is 52.8 Å². The number of nitrogens with zero attached hydrogens (tertiary/aromatic N) is 3. The Hall–Kier alpha value is -4.40. The van der Waals surface area contributed by atoms with E-state index in [1.807, 2.05) is 0 Å². The number of carbonyl (C=O) groups is 2. The number of anilines is 1. The van der Waals surface area contributed by atoms with E-state index < -0.39 is 41.0 Å². The number of nitriles is 1. The molecule has 0 unspecified atom stereocenters. The summed E-state index contributed by atoms with van der Waals surface area (Å²) in [6.07, 6.45) is -3.10. The smallest absolute Gasteiger partial charge is 0.368 e. The molecule has 0 radical (unpaired) electrons. The average molecular weight is 542 g/mol. The number of H-pyrrole nitrogens is 1. The van der Waals surface area contributed by atoms with Gasteiger partial charge in [-0.15, -0.1) is 0 Å². The normalized spacial score (nSPS) is 17.5. The molecule has 0 saturated carbocycles. The highest BCUT2D eigenvalue weighted by Crippen LogP contribution is 2.41. The number of halogens is 4. The topological polar surface area (TPSA) is 109 Å². The van der Waals surface area contributed by atoms with Crippen LogP contribution in [0.2, 0.25) is 0 Å². The maximum absolute atomic E-state index is 14.2. The number of benzene rings is 2. The zero-order valence-electron chi connectivity index (χ0n) is 20.6. The number of hydrogen-bond donors (Lipinski definition) is 2. The first-order valence-electron chi connectivity index (χ1n) is 12.4. The lowest BCUT2D eigenvalue weighted by Gasteiger charge is -2.28. The largest absolute Gasteiger partial charge is 0.418 e. The van der Waals surface area contributed by atoms with Crippen LogP contribution in [0.15, 0.2) is 41.2 Å². The molecule has 3 aromatic rings. The molecule has 39 heavy (non-hydrogen) atoms. The van der Waals surface area contributed by atoms with Crippen LogP contribution in [0.5, 0.6) is 0 Å². The van der Waals surface area contributed by atoms with Crippen molar-refractivity contribution in [3.63, 3.8) is 0 Å². The van der Waals surface area contributed by atoms with E-state index in [4.69, 9.17) is 0 Å². The van der Waals surface area contributed by atoms with Gasteiger partial charge >= 0.3 is 6.18 Å². The van der Waals surface area contributed by atoms with E-state index in [0.29, 0.717) is 13.1 Å². The maximum Gasteiger partial charge on any atom is 0.418 e. The van der Waals surface area contributed by atoms with Crippen molar-refractivity contribution in [3.05, 3.63) is 74.8 Å². The Balaban J connectivity index is 1.47. The molecule has 2 aliphatic rings. The van der Waals surface area contributed by atoms with Crippen LogP contribution in [-0.4, -0.2) is 53.9 Å². The number of pyridine rings is 1. The molecule has 202 valence electrons. The number of rotatable bonds is 4. The standard InChI is InChI=1S/C27H23F4N5O3/c28-21-5-3-4-17-18(12-22(37)34-23(17)21)25(38)33-16-6-9-36(14-16)24-19(26(39)35-7-1-2-8-35)10-15(13-32)11-20(24)27(29,30)31/h3-5,10-12,16H,1-2,6-9,14H2,(H,33,38)(H,34,37)/t16-/m1/s1. The molecule has 3 heterocycles. The zero-order valence-corrected chi connectivity index (χ0v) is 20.6. The highest BCUT2D eigenvalue weighted by Gasteiger charge is 2.40. The van der Waals surface area contributed by atoms with Crippen LogP contribution >= 0.6 is 0 Å². The first kappa shape index (κ1) is 26.2. The molecule has 2 N–H and O–H groups in total. The Kier molecular flexibility index (Phi) is 6.76. The van der Waals surface area contributed by atoms with Gasteiger partial charge in [0, 0.05) is 43.7 Å². The molecule has 8 nitrogen and oxygen atoms in total. The number of alkyl halides is 3. The minimum Gasteiger partial charge on any atom is -0.368 e. The first-order chi connectivity index (χ1) is 18.6. The Morgan fingerprint density at radius 1 is 1.08 bits per heavy atom. The van der Waals surface area contributed by atoms with E-state index in [1.54, 1.807) is 6.07 Å². The van der Waals surface area contributed by atoms with E-state index in [2.05, 4.69) is 10.3 Å². The third-order valence-corrected chi connectivity index (χ3v) is 7.08. The van der Waals surface area contributed by atoms with Crippen LogP contribution in [0.1, 0.15) is 51.1 Å². The van der Waals surface area contributed by atoms with E-state index >= 15 is 0 Å². The van der Waals surface area contributed by atoms with Crippen LogP contribution in [0.3, 0.4) is 0 Å². The average Bonchev–Trinajstić information content (AvgIpc) is 3.60. The Morgan fingerprint density at radius 2 is 1.82 bits per heavy atom. The Labute approximate surface area is 219 Å². The Bertz CT molecular complexity index is 1570. The molecule has 0 spiro atoms. The summed E-state index contributed by atoms with van der Waals surface area (Å²) in [6, 6.07) is 8.08. The number of aromatic amines is 1. The molecule has 1 atom stereocenters. The lowest BCUT2D eigenvalue weighted by Crippen LogP contribution is -2.38. The van der Waals surface area contributed by atoms with Gasteiger partial charge in [0.1, 0.15) is 5.82 Å². The summed E-state index contributed by atoms with van der Waals surface area (Å²) >= 11 is 0. The van der Waals surface area contributed by atoms with Crippen LogP contribution in [-0.2, 0) is 6.18 Å². The van der Waals surface area contributed by atoms with Gasteiger partial charge in [-0.05, 0) is 37.5 Å². The molecule has 2 aromatic carbocycles. The van der Waals surface area contributed by atoms with Crippen molar-refractivity contribution in [1.82, 2.24) is 15.2 Å². The van der Waals surface area contributed by atoms with Gasteiger partial charge in [-0.1, -0.05) is 12.1 Å². The molecule has 2 amide bonds. The van der Waals surface area contributed by atoms with Crippen molar-refractivity contribution in [2.75, 3.05) is 31.1 Å². The van der Waals surface area contributed by atoms with Gasteiger partial charge in [0.15, 0.2) is 0 Å². The summed E-state index contributed by atoms with van der Waals surface area (Å²) in [5.41, 5.74) is -2.75. The quantitative estimate of drug-likeness (QED) is 0.489. The van der Waals surface area contributed by atoms with Crippen molar-refractivity contribution in [3.8, 4) is 6.07 Å². The van der Waals surface area contributed by atoms with Crippen LogP contribution < -0.4 is 15.8 Å². The van der Waals surface area contributed by atoms with Crippen LogP contribution in [0.4, 0.5) is 23.2 Å². The first-order valence-corrected chi connectivity index (χ1v) is 12.4. The zero-order chi connectivity index (χ0) is 27.9. The number of carbonyl (C=O) groups excluding carboxylic acids is 2. The van der Waals surface area contributed by atoms with Crippen molar-refractivity contribution in [1.29, 1.82) is 5.26 Å². The second-order valence-electron chi connectivity index (χ2n) is 9.64. The fourth-order valence-corrected chi connectivity index (χ4v) is 5.29. The van der Waals surface area contributed by atoms with Crippen LogP contribution in [0, 0.1) is 17.1 Å². The molecular formula is C27H23F4N5O3. The number of para-hydroxylation sites is 1. The predicted octanol–water partition coefficient (Wildman–Crippen LogP) is 3.80. The molecule has 5 rings (SSSR count). The second-order valence-corrected chi connectivity index (χ2v) is 9.64. The maximum atomic E-state index is 14.2. The molecule has 1 aromatic heterocycles. The molecule has 0 bridgehead atoms. The Morgan fingerprint density at radius 3 is 2.51 bits per heavy atom. The number of nitrogens with one attached hydrogen (secondary N) is 2. The van der Waals surface area contributed by atoms with E-state index in [1.165, 1.54) is 28.0 Å². The van der Waals surface area contributed by atoms with E-state index in [0.717, 1.165) is 31.0 Å². The monoisotopic (exact) mass is 541 g/mol. The lowest BCUT2D eigenvalue weighted by molar-refractivity contribution is -0.137. The van der Waals surface area contributed by atoms with Gasteiger partial charge in [-0.3, -0.25) is 14.4 Å². The fraction of sp³-hybridized carbons (Fsp3) is 0.333. The lowest BCUT2D eigenvalue weighted by atomic mass is 10.00. The fourth-order valence-electron chi connectivity index (χ4n) is 5.29. The highest BCUT2D eigenvalue weighted by atomic mass is 19.4. The molecule has 2 fully saturated rings. The number of aromatic nitrogens is 1. The van der Waals surface area contributed by atoms with Gasteiger partial charge in [0.05, 0.1) is 39.5 Å². The second kappa shape index (κ2) is 10.1. The summed E-state index contributed by atoms with van der Waals surface area (Å²) in [5.74, 6) is -1.95. The minimum atomic E-state index is -4.84. The number of hydrogen-bond acceptors (Lipinski definition) is 5. The van der Waals surface area contributed by atoms with Gasteiger partial charge in [0.2, 0.25) is 5.56 Å². The van der Waals surface area contributed by atoms with Crippen molar-refractivity contribution in [2.24, 2.45) is 0 Å². The number of likely N-dealkylation sites (tertiary alicyclic amines) is 1. The molecule has 2 aliphatic heterocycles. The summed E-state index contributed by atoms with van der Waals surface area (Å²) in [7, 11) is 0. The SMILES string of the molecule is N#Cc1cc(C(=O)N2CCCC2)c(N2CC[C@@H](NC(=O)c3cc(=O)[nH]c4c(F)cccc34)C2)c(C(F)(F)F)c1. The van der Waals surface area contributed by atoms with Gasteiger partial charge in [-0.25, -0.2) is 4.39 Å². The van der Waals surface area contributed by atoms with Crippen molar-refractivity contribution < 1.29 is 27.2 Å². The summed E-state index contributed by atoms with van der Waals surface area (Å²) < 4.78 is 56.8. The van der Waals surface area contributed by atoms with Gasteiger partial charge in [0.25, 0.3) is 11.8 Å². The summed E-state index contributed by atoms with van der Waals surface area (Å²) in [4.78, 5) is 43.7. The third-order valence-electron chi connectivity index (χ3n) is 7.08. The summed E-state index contributed by atoms with van der Waals surface area (Å²) in [5, 5.41) is 12.3. The van der Waals surface area contributed by atoms with Gasteiger partial charge < -0.3 is 20.1 Å². The molecule has 12 heteroatoms. The molecule has 0 aliphatic carbocycles. The van der Waals surface area contributed by atoms with Gasteiger partial charge in [-0.2, -0.15) is 18.4 Å².